The Kier molecular flexibility index (Phi) is 9.33. The van der Waals surface area contributed by atoms with Crippen molar-refractivity contribution in [3.8, 4) is 11.7 Å². The lowest BCUT2D eigenvalue weighted by atomic mass is 10.1. The lowest BCUT2D eigenvalue weighted by molar-refractivity contribution is -0.121. The molecule has 12 nitrogen and oxygen atoms in total. The number of hydrogen-bond donors (Lipinski definition) is 1. The van der Waals surface area contributed by atoms with Crippen molar-refractivity contribution in [1.82, 2.24) is 29.7 Å². The average Bonchev–Trinajstić information content (AvgIpc) is 3.47. The van der Waals surface area contributed by atoms with Gasteiger partial charge in [-0.1, -0.05) is 23.7 Å². The third-order valence-electron chi connectivity index (χ3n) is 6.02. The van der Waals surface area contributed by atoms with Crippen LogP contribution < -0.4 is 15.0 Å². The molecule has 13 heteroatoms. The number of piperazine rings is 1. The lowest BCUT2D eigenvalue weighted by Crippen LogP contribution is -2.56. The molecule has 1 N–H and O–H groups in total. The highest BCUT2D eigenvalue weighted by Gasteiger charge is 2.33. The normalized spacial score (nSPS) is 15.3. The van der Waals surface area contributed by atoms with Crippen LogP contribution in [0, 0.1) is 0 Å². The van der Waals surface area contributed by atoms with Crippen molar-refractivity contribution in [2.24, 2.45) is 0 Å². The summed E-state index contributed by atoms with van der Waals surface area (Å²) in [5, 5.41) is 3.21. The van der Waals surface area contributed by atoms with Crippen LogP contribution in [-0.4, -0.2) is 89.5 Å². The quantitative estimate of drug-likeness (QED) is 0.303. The topological polar surface area (TPSA) is 124 Å². The Labute approximate surface area is 225 Å². The van der Waals surface area contributed by atoms with Gasteiger partial charge in [-0.3, -0.25) is 9.36 Å². The number of aromatic nitrogens is 4. The van der Waals surface area contributed by atoms with E-state index in [2.05, 4.69) is 20.3 Å². The van der Waals surface area contributed by atoms with Gasteiger partial charge in [-0.25, -0.2) is 14.8 Å². The number of anilines is 1. The number of imidazole rings is 1. The van der Waals surface area contributed by atoms with Gasteiger partial charge in [0.05, 0.1) is 19.8 Å². The number of benzene rings is 1. The maximum atomic E-state index is 13.0. The summed E-state index contributed by atoms with van der Waals surface area (Å²) in [6.45, 7) is 1.90. The molecule has 0 radical (unpaired) electrons. The average molecular weight is 544 g/mol. The molecule has 1 atom stereocenters. The molecule has 0 bridgehead atoms. The van der Waals surface area contributed by atoms with E-state index in [1.165, 1.54) is 7.11 Å². The highest BCUT2D eigenvalue weighted by Crippen LogP contribution is 2.24. The SMILES string of the molecule is COCCOC(=O)N1CCN(c2cc(Cl)nc(-n3ccnc3)n2)C(CC(=O)NCc2ccc(OC)cc2)C1. The Hall–Kier alpha value is -3.90. The third kappa shape index (κ3) is 7.11. The number of carbonyl (C=O) groups excluding carboxylic acids is 2. The van der Waals surface area contributed by atoms with Crippen molar-refractivity contribution in [3.63, 3.8) is 0 Å². The van der Waals surface area contributed by atoms with Crippen molar-refractivity contribution >= 4 is 29.4 Å². The van der Waals surface area contributed by atoms with Crippen LogP contribution in [0.5, 0.6) is 5.75 Å². The van der Waals surface area contributed by atoms with Gasteiger partial charge in [0.1, 0.15) is 29.7 Å². The molecule has 1 aliphatic rings. The standard InChI is InChI=1S/C25H30ClN7O5/c1-36-11-12-38-25(35)31-9-10-33(22-14-21(26)29-24(30-22)32-8-7-27-17-32)19(16-31)13-23(34)28-15-18-3-5-20(37-2)6-4-18/h3-8,14,17,19H,9-13,15-16H2,1-2H3,(H,28,34). The van der Waals surface area contributed by atoms with Crippen LogP contribution in [-0.2, 0) is 20.8 Å². The number of nitrogens with one attached hydrogen (secondary N) is 1. The Morgan fingerprint density at radius 3 is 2.66 bits per heavy atom. The Balaban J connectivity index is 1.49. The number of rotatable bonds is 10. The summed E-state index contributed by atoms with van der Waals surface area (Å²) < 4.78 is 17.1. The molecule has 4 rings (SSSR count). The number of ether oxygens (including phenoxy) is 3. The van der Waals surface area contributed by atoms with Crippen LogP contribution in [0.4, 0.5) is 10.6 Å². The molecular formula is C25H30ClN7O5. The van der Waals surface area contributed by atoms with E-state index in [4.69, 9.17) is 25.8 Å². The molecule has 3 heterocycles. The monoisotopic (exact) mass is 543 g/mol. The van der Waals surface area contributed by atoms with E-state index in [-0.39, 0.29) is 36.7 Å². The van der Waals surface area contributed by atoms with Crippen LogP contribution in [0.25, 0.3) is 5.95 Å². The molecule has 1 aromatic carbocycles. The molecule has 2 aromatic heterocycles. The van der Waals surface area contributed by atoms with E-state index in [1.807, 2.05) is 29.2 Å². The van der Waals surface area contributed by atoms with Gasteiger partial charge >= 0.3 is 6.09 Å². The summed E-state index contributed by atoms with van der Waals surface area (Å²) >= 11 is 6.33. The van der Waals surface area contributed by atoms with Crippen molar-refractivity contribution in [2.75, 3.05) is 52.0 Å². The van der Waals surface area contributed by atoms with Gasteiger partial charge < -0.3 is 29.3 Å². The smallest absolute Gasteiger partial charge is 0.409 e. The van der Waals surface area contributed by atoms with Gasteiger partial charge in [-0.15, -0.1) is 0 Å². The maximum absolute atomic E-state index is 13.0. The van der Waals surface area contributed by atoms with E-state index in [0.29, 0.717) is 38.0 Å². The molecule has 2 amide bonds. The van der Waals surface area contributed by atoms with Crippen molar-refractivity contribution in [3.05, 3.63) is 59.8 Å². The molecule has 0 spiro atoms. The zero-order valence-corrected chi connectivity index (χ0v) is 22.0. The van der Waals surface area contributed by atoms with Crippen LogP contribution in [0.1, 0.15) is 12.0 Å². The van der Waals surface area contributed by atoms with E-state index >= 15 is 0 Å². The second-order valence-electron chi connectivity index (χ2n) is 8.55. The summed E-state index contributed by atoms with van der Waals surface area (Å²) in [6.07, 6.45) is 4.58. The van der Waals surface area contributed by atoms with Gasteiger partial charge in [0.25, 0.3) is 0 Å². The van der Waals surface area contributed by atoms with Crippen molar-refractivity contribution in [1.29, 1.82) is 0 Å². The van der Waals surface area contributed by atoms with Gasteiger partial charge in [0.2, 0.25) is 11.9 Å². The minimum absolute atomic E-state index is 0.125. The number of nitrogens with zero attached hydrogens (tertiary/aromatic N) is 6. The largest absolute Gasteiger partial charge is 0.497 e. The minimum atomic E-state index is -0.454. The lowest BCUT2D eigenvalue weighted by Gasteiger charge is -2.41. The first-order valence-electron chi connectivity index (χ1n) is 12.1. The molecule has 0 saturated carbocycles. The number of carbonyl (C=O) groups is 2. The van der Waals surface area contributed by atoms with Crippen LogP contribution in [0.15, 0.2) is 49.1 Å². The number of methoxy groups -OCH3 is 2. The van der Waals surface area contributed by atoms with E-state index < -0.39 is 6.09 Å². The summed E-state index contributed by atoms with van der Waals surface area (Å²) in [4.78, 5) is 42.2. The number of hydrogen-bond acceptors (Lipinski definition) is 9. The Morgan fingerprint density at radius 2 is 1.95 bits per heavy atom. The van der Waals surface area contributed by atoms with Gasteiger partial charge in [0, 0.05) is 58.2 Å². The first-order valence-corrected chi connectivity index (χ1v) is 12.4. The molecule has 1 fully saturated rings. The zero-order chi connectivity index (χ0) is 26.9. The zero-order valence-electron chi connectivity index (χ0n) is 21.2. The molecule has 0 aliphatic carbocycles. The second-order valence-corrected chi connectivity index (χ2v) is 8.94. The fourth-order valence-corrected chi connectivity index (χ4v) is 4.24. The van der Waals surface area contributed by atoms with Gasteiger partial charge in [-0.2, -0.15) is 4.98 Å². The Morgan fingerprint density at radius 1 is 1.13 bits per heavy atom. The molecular weight excluding hydrogens is 514 g/mol. The highest BCUT2D eigenvalue weighted by atomic mass is 35.5. The summed E-state index contributed by atoms with van der Waals surface area (Å²) in [6, 6.07) is 8.74. The predicted molar refractivity (Wildman–Crippen MR) is 140 cm³/mol. The number of halogens is 1. The molecule has 1 saturated heterocycles. The van der Waals surface area contributed by atoms with Crippen LogP contribution in [0.3, 0.4) is 0 Å². The molecule has 38 heavy (non-hydrogen) atoms. The van der Waals surface area contributed by atoms with Gasteiger partial charge in [0.15, 0.2) is 0 Å². The number of amides is 2. The van der Waals surface area contributed by atoms with Crippen LogP contribution >= 0.6 is 11.6 Å². The molecule has 3 aromatic rings. The summed E-state index contributed by atoms with van der Waals surface area (Å²) in [7, 11) is 3.14. The fourth-order valence-electron chi connectivity index (χ4n) is 4.07. The first kappa shape index (κ1) is 27.1. The van der Waals surface area contributed by atoms with E-state index in [0.717, 1.165) is 11.3 Å². The van der Waals surface area contributed by atoms with Crippen molar-refractivity contribution < 1.29 is 23.8 Å². The highest BCUT2D eigenvalue weighted by molar-refractivity contribution is 6.29. The first-order chi connectivity index (χ1) is 18.5. The van der Waals surface area contributed by atoms with E-state index in [9.17, 15) is 9.59 Å². The maximum Gasteiger partial charge on any atom is 0.409 e. The third-order valence-corrected chi connectivity index (χ3v) is 6.22. The molecule has 202 valence electrons. The molecule has 1 unspecified atom stereocenters. The minimum Gasteiger partial charge on any atom is -0.497 e. The second kappa shape index (κ2) is 13.1. The van der Waals surface area contributed by atoms with Gasteiger partial charge in [-0.05, 0) is 17.7 Å². The molecule has 1 aliphatic heterocycles. The fraction of sp³-hybridized carbons (Fsp3) is 0.400. The Bertz CT molecular complexity index is 1210. The van der Waals surface area contributed by atoms with E-state index in [1.54, 1.807) is 41.4 Å². The summed E-state index contributed by atoms with van der Waals surface area (Å²) in [5.74, 6) is 1.48. The van der Waals surface area contributed by atoms with Crippen molar-refractivity contribution in [2.45, 2.75) is 19.0 Å². The summed E-state index contributed by atoms with van der Waals surface area (Å²) in [5.41, 5.74) is 0.940. The predicted octanol–water partition coefficient (Wildman–Crippen LogP) is 2.30. The van der Waals surface area contributed by atoms with Crippen LogP contribution in [0.2, 0.25) is 5.15 Å².